The van der Waals surface area contributed by atoms with E-state index in [2.05, 4.69) is 45.3 Å². The maximum absolute atomic E-state index is 14.5. The van der Waals surface area contributed by atoms with Crippen molar-refractivity contribution in [3.8, 4) is 17.1 Å². The molecule has 0 aliphatic carbocycles. The Bertz CT molecular complexity index is 1870. The van der Waals surface area contributed by atoms with Crippen molar-refractivity contribution in [2.45, 2.75) is 64.8 Å². The molecule has 11 heteroatoms. The number of fused-ring (bicyclic) bond motifs is 4. The van der Waals surface area contributed by atoms with Crippen LogP contribution in [0.3, 0.4) is 0 Å². The highest BCUT2D eigenvalue weighted by Crippen LogP contribution is 2.32. The van der Waals surface area contributed by atoms with E-state index in [1.54, 1.807) is 18.2 Å². The number of carbonyl (C=O) groups excluding carboxylic acids is 1. The lowest BCUT2D eigenvalue weighted by atomic mass is 9.86. The van der Waals surface area contributed by atoms with Gasteiger partial charge in [-0.05, 0) is 85.9 Å². The minimum absolute atomic E-state index is 0.0351. The van der Waals surface area contributed by atoms with Crippen molar-refractivity contribution in [1.82, 2.24) is 19.9 Å². The van der Waals surface area contributed by atoms with Crippen molar-refractivity contribution < 1.29 is 17.9 Å². The second-order valence-electron chi connectivity index (χ2n) is 14.1. The van der Waals surface area contributed by atoms with Crippen LogP contribution in [0.2, 0.25) is 0 Å². The molecular weight excluding hydrogens is 625 g/mol. The highest BCUT2D eigenvalue weighted by molar-refractivity contribution is 7.92. The standard InChI is InChI=1S/C37H44N6O4S/c1-25-10-8-11-26(2)34(25)31-21-33-40-36(39-31)41-48(45,46)30-13-9-12-28(20-30)35(44)43(29(24-47-33)22-37(3,4)5)23-27-15-18-42(19-16-27)32-14-6-7-17-38-32/h6-14,17,20-21,27,29H,15-16,18-19,22-24H2,1-5H3,(H,39,40,41)/t29-/m1/s1. The summed E-state index contributed by atoms with van der Waals surface area (Å²) in [6.45, 7) is 12.8. The van der Waals surface area contributed by atoms with Gasteiger partial charge in [0.25, 0.3) is 15.9 Å². The average molecular weight is 669 g/mol. The van der Waals surface area contributed by atoms with Gasteiger partial charge in [-0.25, -0.2) is 23.1 Å². The number of nitrogens with one attached hydrogen (secondary N) is 1. The Kier molecular flexibility index (Phi) is 9.42. The zero-order chi connectivity index (χ0) is 34.1. The molecule has 2 aromatic heterocycles. The van der Waals surface area contributed by atoms with Crippen molar-refractivity contribution in [3.05, 3.63) is 89.6 Å². The average Bonchev–Trinajstić information content (AvgIpc) is 3.05. The molecule has 1 atom stereocenters. The van der Waals surface area contributed by atoms with E-state index in [1.807, 2.05) is 61.3 Å². The van der Waals surface area contributed by atoms with Crippen LogP contribution in [0.1, 0.15) is 61.5 Å². The number of amides is 1. The van der Waals surface area contributed by atoms with Crippen molar-refractivity contribution in [1.29, 1.82) is 0 Å². The Morgan fingerprint density at radius 3 is 2.35 bits per heavy atom. The van der Waals surface area contributed by atoms with E-state index in [4.69, 9.17) is 4.74 Å². The lowest BCUT2D eigenvalue weighted by Crippen LogP contribution is -2.49. The van der Waals surface area contributed by atoms with Gasteiger partial charge >= 0.3 is 0 Å². The van der Waals surface area contributed by atoms with Gasteiger partial charge in [0.2, 0.25) is 11.8 Å². The van der Waals surface area contributed by atoms with Crippen LogP contribution in [0.5, 0.6) is 5.88 Å². The van der Waals surface area contributed by atoms with E-state index in [0.29, 0.717) is 24.2 Å². The van der Waals surface area contributed by atoms with Crippen LogP contribution in [-0.4, -0.2) is 66.5 Å². The number of hydrogen-bond donors (Lipinski definition) is 1. The van der Waals surface area contributed by atoms with Gasteiger partial charge in [-0.1, -0.05) is 51.1 Å². The minimum atomic E-state index is -4.13. The topological polar surface area (TPSA) is 118 Å². The molecule has 0 radical (unpaired) electrons. The largest absolute Gasteiger partial charge is 0.475 e. The molecule has 1 N–H and O–H groups in total. The monoisotopic (exact) mass is 668 g/mol. The molecule has 252 valence electrons. The fourth-order valence-electron chi connectivity index (χ4n) is 6.74. The number of pyridine rings is 1. The number of hydrogen-bond acceptors (Lipinski definition) is 8. The van der Waals surface area contributed by atoms with Gasteiger partial charge in [-0.15, -0.1) is 0 Å². The number of benzene rings is 2. The van der Waals surface area contributed by atoms with Crippen molar-refractivity contribution in [3.63, 3.8) is 0 Å². The Morgan fingerprint density at radius 2 is 1.67 bits per heavy atom. The summed E-state index contributed by atoms with van der Waals surface area (Å²) in [6.07, 6.45) is 4.28. The van der Waals surface area contributed by atoms with Crippen LogP contribution >= 0.6 is 0 Å². The van der Waals surface area contributed by atoms with Gasteiger partial charge in [0.15, 0.2) is 0 Å². The van der Waals surface area contributed by atoms with Crippen LogP contribution in [0.25, 0.3) is 11.3 Å². The molecule has 1 saturated heterocycles. The molecule has 4 heterocycles. The normalized spacial score (nSPS) is 18.6. The lowest BCUT2D eigenvalue weighted by molar-refractivity contribution is 0.0473. The van der Waals surface area contributed by atoms with Gasteiger partial charge in [-0.3, -0.25) is 4.79 Å². The summed E-state index contributed by atoms with van der Waals surface area (Å²) in [5.74, 6) is 1.14. The quantitative estimate of drug-likeness (QED) is 0.256. The van der Waals surface area contributed by atoms with Crippen molar-refractivity contribution in [2.24, 2.45) is 11.3 Å². The van der Waals surface area contributed by atoms with Gasteiger partial charge in [0.1, 0.15) is 12.4 Å². The van der Waals surface area contributed by atoms with E-state index in [1.165, 1.54) is 12.1 Å². The molecular formula is C37H44N6O4S. The Morgan fingerprint density at radius 1 is 0.938 bits per heavy atom. The molecule has 1 amide bonds. The van der Waals surface area contributed by atoms with E-state index in [9.17, 15) is 13.2 Å². The summed E-state index contributed by atoms with van der Waals surface area (Å²) >= 11 is 0. The Hall–Kier alpha value is -4.51. The number of carbonyl (C=O) groups is 1. The molecule has 2 aromatic carbocycles. The number of anilines is 2. The van der Waals surface area contributed by atoms with Gasteiger partial charge in [0.05, 0.1) is 16.6 Å². The fourth-order valence-corrected chi connectivity index (χ4v) is 7.73. The van der Waals surface area contributed by atoms with E-state index < -0.39 is 10.0 Å². The van der Waals surface area contributed by atoms with Gasteiger partial charge < -0.3 is 14.5 Å². The third-order valence-corrected chi connectivity index (χ3v) is 10.4. The third-order valence-electron chi connectivity index (χ3n) is 9.07. The smallest absolute Gasteiger partial charge is 0.264 e. The maximum atomic E-state index is 14.5. The molecule has 4 bridgehead atoms. The van der Waals surface area contributed by atoms with Crippen LogP contribution in [0, 0.1) is 25.2 Å². The van der Waals surface area contributed by atoms with Gasteiger partial charge in [0, 0.05) is 43.0 Å². The first-order valence-corrected chi connectivity index (χ1v) is 18.0. The summed E-state index contributed by atoms with van der Waals surface area (Å²) in [6, 6.07) is 19.6. The number of aryl methyl sites for hydroxylation is 2. The molecule has 10 nitrogen and oxygen atoms in total. The molecule has 1 fully saturated rings. The van der Waals surface area contributed by atoms with E-state index in [-0.39, 0.29) is 46.6 Å². The van der Waals surface area contributed by atoms with Gasteiger partial charge in [-0.2, -0.15) is 4.98 Å². The summed E-state index contributed by atoms with van der Waals surface area (Å²) in [5.41, 5.74) is 3.61. The molecule has 6 rings (SSSR count). The van der Waals surface area contributed by atoms with E-state index >= 15 is 0 Å². The summed E-state index contributed by atoms with van der Waals surface area (Å²) in [5, 5.41) is 0. The Labute approximate surface area is 283 Å². The number of ether oxygens (including phenoxy) is 1. The van der Waals surface area contributed by atoms with Crippen LogP contribution < -0.4 is 14.4 Å². The molecule has 4 aromatic rings. The molecule has 0 unspecified atom stereocenters. The predicted octanol–water partition coefficient (Wildman–Crippen LogP) is 6.51. The number of nitrogens with zero attached hydrogens (tertiary/aromatic N) is 5. The molecule has 2 aliphatic heterocycles. The first-order valence-electron chi connectivity index (χ1n) is 16.5. The van der Waals surface area contributed by atoms with Crippen LogP contribution in [0.4, 0.5) is 11.8 Å². The van der Waals surface area contributed by atoms with Crippen LogP contribution in [0.15, 0.2) is 77.8 Å². The summed E-state index contributed by atoms with van der Waals surface area (Å²) < 4.78 is 36.4. The second kappa shape index (κ2) is 13.5. The molecule has 0 spiro atoms. The van der Waals surface area contributed by atoms with Crippen molar-refractivity contribution in [2.75, 3.05) is 35.9 Å². The first kappa shape index (κ1) is 33.4. The Balaban J connectivity index is 1.39. The summed E-state index contributed by atoms with van der Waals surface area (Å²) in [4.78, 5) is 32.3. The second-order valence-corrected chi connectivity index (χ2v) is 15.8. The number of aromatic nitrogens is 3. The maximum Gasteiger partial charge on any atom is 0.264 e. The predicted molar refractivity (Wildman–Crippen MR) is 188 cm³/mol. The molecule has 0 saturated carbocycles. The fraction of sp³-hybridized carbons (Fsp3) is 0.405. The zero-order valence-corrected chi connectivity index (χ0v) is 29.1. The molecule has 48 heavy (non-hydrogen) atoms. The minimum Gasteiger partial charge on any atom is -0.475 e. The summed E-state index contributed by atoms with van der Waals surface area (Å²) in [7, 11) is -4.13. The molecule has 2 aliphatic rings. The van der Waals surface area contributed by atoms with Crippen molar-refractivity contribution >= 4 is 27.7 Å². The highest BCUT2D eigenvalue weighted by atomic mass is 32.2. The lowest BCUT2D eigenvalue weighted by Gasteiger charge is -2.40. The zero-order valence-electron chi connectivity index (χ0n) is 28.3. The number of rotatable bonds is 5. The SMILES string of the molecule is Cc1cccc(C)c1-c1cc2nc(n1)NS(=O)(=O)c1cccc(c1)C(=O)N(CC1CCN(c3ccccn3)CC1)[C@H](CC(C)(C)C)CO2. The van der Waals surface area contributed by atoms with Crippen LogP contribution in [-0.2, 0) is 10.0 Å². The third kappa shape index (κ3) is 7.62. The van der Waals surface area contributed by atoms with E-state index in [0.717, 1.165) is 48.4 Å². The number of sulfonamides is 1. The first-order chi connectivity index (χ1) is 22.9. The highest BCUT2D eigenvalue weighted by Gasteiger charge is 2.34. The number of piperidine rings is 1.